The van der Waals surface area contributed by atoms with Crippen LogP contribution in [0.5, 0.6) is 0 Å². The number of nitrogens with one attached hydrogen (secondary N) is 2. The lowest BCUT2D eigenvalue weighted by Gasteiger charge is -2.12. The van der Waals surface area contributed by atoms with E-state index in [1.807, 2.05) is 19.0 Å². The third-order valence-electron chi connectivity index (χ3n) is 3.86. The monoisotopic (exact) mass is 353 g/mol. The van der Waals surface area contributed by atoms with Gasteiger partial charge in [-0.1, -0.05) is 36.4 Å². The fraction of sp³-hybridized carbons (Fsp3) is 0.263. The first-order valence-corrected chi connectivity index (χ1v) is 9.07. The predicted molar refractivity (Wildman–Crippen MR) is 107 cm³/mol. The zero-order valence-electron chi connectivity index (χ0n) is 14.8. The van der Waals surface area contributed by atoms with Crippen molar-refractivity contribution in [3.05, 3.63) is 59.1 Å². The molecule has 0 amide bonds. The molecule has 130 valence electrons. The number of fused-ring (bicyclic) bond motifs is 1. The van der Waals surface area contributed by atoms with E-state index >= 15 is 0 Å². The molecular weight excluding hydrogens is 330 g/mol. The van der Waals surface area contributed by atoms with Gasteiger partial charge in [0.1, 0.15) is 0 Å². The summed E-state index contributed by atoms with van der Waals surface area (Å²) in [6, 6.07) is 14.9. The van der Waals surface area contributed by atoms with Gasteiger partial charge >= 0.3 is 0 Å². The van der Waals surface area contributed by atoms with Crippen molar-refractivity contribution in [2.75, 3.05) is 26.0 Å². The molecule has 0 saturated heterocycles. The molecule has 5 nitrogen and oxygen atoms in total. The smallest absolute Gasteiger partial charge is 0.191 e. The minimum Gasteiger partial charge on any atom is -0.354 e. The second-order valence-electron chi connectivity index (χ2n) is 5.98. The Balaban J connectivity index is 1.56. The van der Waals surface area contributed by atoms with Gasteiger partial charge in [0.15, 0.2) is 11.1 Å². The SMILES string of the molecule is CN=C(NCc1ccc2ccccc2c1)NCc1csc(N(C)C)n1. The van der Waals surface area contributed by atoms with Crippen molar-refractivity contribution >= 4 is 33.2 Å². The zero-order chi connectivity index (χ0) is 17.6. The number of nitrogens with zero attached hydrogens (tertiary/aromatic N) is 3. The molecule has 1 heterocycles. The highest BCUT2D eigenvalue weighted by Crippen LogP contribution is 2.17. The van der Waals surface area contributed by atoms with Gasteiger partial charge in [0.05, 0.1) is 12.2 Å². The van der Waals surface area contributed by atoms with Gasteiger partial charge in [-0.15, -0.1) is 11.3 Å². The normalized spacial score (nSPS) is 11.6. The van der Waals surface area contributed by atoms with Crippen molar-refractivity contribution in [2.24, 2.45) is 4.99 Å². The molecule has 3 aromatic rings. The third kappa shape index (κ3) is 4.48. The first kappa shape index (κ1) is 17.2. The third-order valence-corrected chi connectivity index (χ3v) is 4.91. The van der Waals surface area contributed by atoms with Crippen LogP contribution in [0.1, 0.15) is 11.3 Å². The first-order chi connectivity index (χ1) is 12.2. The van der Waals surface area contributed by atoms with Gasteiger partial charge in [-0.05, 0) is 22.4 Å². The van der Waals surface area contributed by atoms with E-state index in [0.29, 0.717) is 6.54 Å². The Morgan fingerprint density at radius 1 is 1.08 bits per heavy atom. The predicted octanol–water partition coefficient (Wildman–Crippen LogP) is 3.23. The zero-order valence-corrected chi connectivity index (χ0v) is 15.6. The van der Waals surface area contributed by atoms with E-state index < -0.39 is 0 Å². The van der Waals surface area contributed by atoms with Gasteiger partial charge in [0.2, 0.25) is 0 Å². The molecule has 0 fully saturated rings. The summed E-state index contributed by atoms with van der Waals surface area (Å²) in [5.74, 6) is 0.771. The van der Waals surface area contributed by atoms with E-state index in [4.69, 9.17) is 0 Å². The number of thiazole rings is 1. The quantitative estimate of drug-likeness (QED) is 0.546. The fourth-order valence-corrected chi connectivity index (χ4v) is 3.27. The molecule has 0 aliphatic heterocycles. The molecule has 0 atom stereocenters. The van der Waals surface area contributed by atoms with Gasteiger partial charge in [0, 0.05) is 33.1 Å². The summed E-state index contributed by atoms with van der Waals surface area (Å²) in [5, 5.41) is 12.3. The van der Waals surface area contributed by atoms with Gasteiger partial charge in [-0.25, -0.2) is 4.98 Å². The summed E-state index contributed by atoms with van der Waals surface area (Å²) >= 11 is 1.64. The van der Waals surface area contributed by atoms with Crippen LogP contribution in [-0.4, -0.2) is 32.1 Å². The highest BCUT2D eigenvalue weighted by Gasteiger charge is 2.05. The summed E-state index contributed by atoms with van der Waals surface area (Å²) in [6.45, 7) is 1.38. The molecule has 2 aromatic carbocycles. The number of rotatable bonds is 5. The van der Waals surface area contributed by atoms with Crippen molar-refractivity contribution in [1.82, 2.24) is 15.6 Å². The molecule has 3 rings (SSSR count). The number of benzene rings is 2. The van der Waals surface area contributed by atoms with Crippen molar-refractivity contribution in [1.29, 1.82) is 0 Å². The van der Waals surface area contributed by atoms with E-state index in [9.17, 15) is 0 Å². The largest absolute Gasteiger partial charge is 0.354 e. The molecule has 25 heavy (non-hydrogen) atoms. The van der Waals surface area contributed by atoms with Crippen LogP contribution in [0.4, 0.5) is 5.13 Å². The Morgan fingerprint density at radius 3 is 2.56 bits per heavy atom. The van der Waals surface area contributed by atoms with E-state index in [-0.39, 0.29) is 0 Å². The molecule has 0 bridgehead atoms. The topological polar surface area (TPSA) is 52.6 Å². The van der Waals surface area contributed by atoms with Crippen LogP contribution < -0.4 is 15.5 Å². The fourth-order valence-electron chi connectivity index (χ4n) is 2.51. The second-order valence-corrected chi connectivity index (χ2v) is 6.81. The molecule has 0 radical (unpaired) electrons. The molecule has 0 aliphatic carbocycles. The number of hydrogen-bond acceptors (Lipinski definition) is 4. The van der Waals surface area contributed by atoms with Crippen LogP contribution in [0, 0.1) is 0 Å². The second kappa shape index (κ2) is 7.98. The lowest BCUT2D eigenvalue weighted by atomic mass is 10.1. The average molecular weight is 353 g/mol. The lowest BCUT2D eigenvalue weighted by Crippen LogP contribution is -2.36. The standard InChI is InChI=1S/C19H23N5S/c1-20-18(22-12-17-13-25-19(23-17)24(2)3)21-11-14-8-9-15-6-4-5-7-16(15)10-14/h4-10,13H,11-12H2,1-3H3,(H2,20,21,22). The van der Waals surface area contributed by atoms with Gasteiger partial charge in [-0.2, -0.15) is 0 Å². The molecule has 0 saturated carbocycles. The van der Waals surface area contributed by atoms with Gasteiger partial charge in [0.25, 0.3) is 0 Å². The highest BCUT2D eigenvalue weighted by atomic mass is 32.1. The maximum Gasteiger partial charge on any atom is 0.191 e. The van der Waals surface area contributed by atoms with Crippen LogP contribution in [0.25, 0.3) is 10.8 Å². The van der Waals surface area contributed by atoms with Crippen LogP contribution in [0.3, 0.4) is 0 Å². The Kier molecular flexibility index (Phi) is 5.50. The Labute approximate surface area is 152 Å². The molecular formula is C19H23N5S. The first-order valence-electron chi connectivity index (χ1n) is 8.19. The minimum atomic E-state index is 0.654. The van der Waals surface area contributed by atoms with Crippen LogP contribution in [-0.2, 0) is 13.1 Å². The maximum absolute atomic E-state index is 4.57. The summed E-state index contributed by atoms with van der Waals surface area (Å²) in [7, 11) is 5.78. The van der Waals surface area contributed by atoms with Gasteiger partial charge < -0.3 is 15.5 Å². The number of guanidine groups is 1. The van der Waals surface area contributed by atoms with Crippen LogP contribution in [0.2, 0.25) is 0 Å². The van der Waals surface area contributed by atoms with E-state index in [0.717, 1.165) is 23.3 Å². The van der Waals surface area contributed by atoms with E-state index in [1.165, 1.54) is 16.3 Å². The lowest BCUT2D eigenvalue weighted by molar-refractivity contribution is 0.798. The molecule has 0 unspecified atom stereocenters. The number of aromatic nitrogens is 1. The highest BCUT2D eigenvalue weighted by molar-refractivity contribution is 7.13. The van der Waals surface area contributed by atoms with Crippen LogP contribution in [0.15, 0.2) is 52.8 Å². The summed E-state index contributed by atoms with van der Waals surface area (Å²) in [4.78, 5) is 10.9. The molecule has 6 heteroatoms. The van der Waals surface area contributed by atoms with Crippen molar-refractivity contribution in [2.45, 2.75) is 13.1 Å². The molecule has 0 aliphatic rings. The van der Waals surface area contributed by atoms with E-state index in [2.05, 4.69) is 68.5 Å². The maximum atomic E-state index is 4.57. The Bertz CT molecular complexity index is 869. The minimum absolute atomic E-state index is 0.654. The van der Waals surface area contributed by atoms with E-state index in [1.54, 1.807) is 18.4 Å². The van der Waals surface area contributed by atoms with Crippen LogP contribution >= 0.6 is 11.3 Å². The van der Waals surface area contributed by atoms with Crippen molar-refractivity contribution in [3.63, 3.8) is 0 Å². The molecule has 2 N–H and O–H groups in total. The average Bonchev–Trinajstić information content (AvgIpc) is 3.11. The van der Waals surface area contributed by atoms with Crippen molar-refractivity contribution < 1.29 is 0 Å². The van der Waals surface area contributed by atoms with Crippen molar-refractivity contribution in [3.8, 4) is 0 Å². The summed E-state index contributed by atoms with van der Waals surface area (Å²) in [5.41, 5.74) is 2.24. The summed E-state index contributed by atoms with van der Waals surface area (Å²) < 4.78 is 0. The van der Waals surface area contributed by atoms with Gasteiger partial charge in [-0.3, -0.25) is 4.99 Å². The Morgan fingerprint density at radius 2 is 1.84 bits per heavy atom. The molecule has 1 aromatic heterocycles. The summed E-state index contributed by atoms with van der Waals surface area (Å²) in [6.07, 6.45) is 0. The number of hydrogen-bond donors (Lipinski definition) is 2. The molecule has 0 spiro atoms. The number of aliphatic imine (C=N–C) groups is 1. The Hall–Kier alpha value is -2.60. The number of anilines is 1.